The highest BCUT2D eigenvalue weighted by Gasteiger charge is 2.29. The van der Waals surface area contributed by atoms with E-state index in [1.165, 1.54) is 21.7 Å². The van der Waals surface area contributed by atoms with Gasteiger partial charge < -0.3 is 4.90 Å². The highest BCUT2D eigenvalue weighted by molar-refractivity contribution is 5.94. The van der Waals surface area contributed by atoms with Crippen LogP contribution in [0.25, 0.3) is 5.69 Å². The van der Waals surface area contributed by atoms with Crippen LogP contribution in [0.5, 0.6) is 0 Å². The smallest absolute Gasteiger partial charge is 0.274 e. The summed E-state index contributed by atoms with van der Waals surface area (Å²) in [5, 5.41) is 4.40. The van der Waals surface area contributed by atoms with Crippen LogP contribution >= 0.6 is 0 Å². The molecule has 0 bridgehead atoms. The monoisotopic (exact) mass is 385 g/mol. The van der Waals surface area contributed by atoms with Gasteiger partial charge in [0.1, 0.15) is 5.82 Å². The van der Waals surface area contributed by atoms with E-state index in [1.54, 1.807) is 25.2 Å². The summed E-state index contributed by atoms with van der Waals surface area (Å²) in [5.74, 6) is -2.61. The molecule has 0 spiro atoms. The lowest BCUT2D eigenvalue weighted by atomic mass is 10.1. The summed E-state index contributed by atoms with van der Waals surface area (Å²) in [4.78, 5) is 14.4. The van der Waals surface area contributed by atoms with Crippen LogP contribution in [0, 0.1) is 17.5 Å². The fraction of sp³-hybridized carbons (Fsp3) is 0.238. The van der Waals surface area contributed by atoms with Crippen LogP contribution in [0.1, 0.15) is 33.7 Å². The van der Waals surface area contributed by atoms with Gasteiger partial charge in [-0.1, -0.05) is 18.2 Å². The van der Waals surface area contributed by atoms with Gasteiger partial charge in [-0.2, -0.15) is 5.10 Å². The molecule has 1 aliphatic carbocycles. The molecule has 3 aromatic rings. The predicted octanol–water partition coefficient (Wildman–Crippen LogP) is 4.05. The normalized spacial score (nSPS) is 12.9. The van der Waals surface area contributed by atoms with E-state index in [4.69, 9.17) is 0 Å². The number of fused-ring (bicyclic) bond motifs is 1. The minimum absolute atomic E-state index is 0.109. The second kappa shape index (κ2) is 7.14. The van der Waals surface area contributed by atoms with E-state index in [-0.39, 0.29) is 24.0 Å². The van der Waals surface area contributed by atoms with E-state index in [2.05, 4.69) is 5.10 Å². The first-order valence-corrected chi connectivity index (χ1v) is 9.00. The molecule has 7 heteroatoms. The van der Waals surface area contributed by atoms with Crippen molar-refractivity contribution in [2.45, 2.75) is 25.8 Å². The Bertz CT molecular complexity index is 1060. The number of benzene rings is 2. The first kappa shape index (κ1) is 18.3. The maximum atomic E-state index is 13.9. The summed E-state index contributed by atoms with van der Waals surface area (Å²) in [5.41, 5.74) is 2.70. The lowest BCUT2D eigenvalue weighted by Crippen LogP contribution is -2.28. The molecule has 4 nitrogen and oxygen atoms in total. The molecule has 4 rings (SSSR count). The molecule has 28 heavy (non-hydrogen) atoms. The maximum absolute atomic E-state index is 13.9. The third-order valence-corrected chi connectivity index (χ3v) is 4.99. The van der Waals surface area contributed by atoms with Gasteiger partial charge in [0.15, 0.2) is 17.3 Å². The number of aromatic nitrogens is 2. The van der Waals surface area contributed by atoms with Crippen LogP contribution in [0.4, 0.5) is 13.2 Å². The average molecular weight is 385 g/mol. The van der Waals surface area contributed by atoms with E-state index < -0.39 is 11.6 Å². The van der Waals surface area contributed by atoms with Gasteiger partial charge in [0.05, 0.1) is 5.69 Å². The van der Waals surface area contributed by atoms with E-state index >= 15 is 0 Å². The zero-order valence-electron chi connectivity index (χ0n) is 15.3. The third-order valence-electron chi connectivity index (χ3n) is 4.99. The van der Waals surface area contributed by atoms with Crippen LogP contribution in [0.2, 0.25) is 0 Å². The van der Waals surface area contributed by atoms with Gasteiger partial charge in [0, 0.05) is 36.5 Å². The topological polar surface area (TPSA) is 38.1 Å². The van der Waals surface area contributed by atoms with Crippen LogP contribution in [-0.2, 0) is 19.4 Å². The zero-order valence-corrected chi connectivity index (χ0v) is 15.3. The van der Waals surface area contributed by atoms with Crippen molar-refractivity contribution >= 4 is 5.91 Å². The SMILES string of the molecule is CN(Cc1ccccc1F)C(=O)c1nn(-c2ccc(F)c(F)c2)c2c1CCC2. The molecule has 1 amide bonds. The molecule has 144 valence electrons. The molecule has 0 saturated carbocycles. The summed E-state index contributed by atoms with van der Waals surface area (Å²) in [6, 6.07) is 9.83. The number of halogens is 3. The summed E-state index contributed by atoms with van der Waals surface area (Å²) in [6.45, 7) is 0.109. The molecule has 0 radical (unpaired) electrons. The third kappa shape index (κ3) is 3.17. The first-order chi connectivity index (χ1) is 13.5. The molecule has 1 heterocycles. The predicted molar refractivity (Wildman–Crippen MR) is 97.7 cm³/mol. The Morgan fingerprint density at radius 3 is 2.61 bits per heavy atom. The van der Waals surface area contributed by atoms with Crippen molar-refractivity contribution in [1.29, 1.82) is 0 Å². The highest BCUT2D eigenvalue weighted by Crippen LogP contribution is 2.29. The summed E-state index contributed by atoms with van der Waals surface area (Å²) in [6.07, 6.45) is 2.24. The van der Waals surface area contributed by atoms with Crippen molar-refractivity contribution in [3.8, 4) is 5.69 Å². The zero-order chi connectivity index (χ0) is 19.8. The summed E-state index contributed by atoms with van der Waals surface area (Å²) >= 11 is 0. The average Bonchev–Trinajstić information content (AvgIpc) is 3.28. The van der Waals surface area contributed by atoms with E-state index in [9.17, 15) is 18.0 Å². The van der Waals surface area contributed by atoms with Crippen molar-refractivity contribution in [1.82, 2.24) is 14.7 Å². The van der Waals surface area contributed by atoms with Crippen molar-refractivity contribution in [3.63, 3.8) is 0 Å². The van der Waals surface area contributed by atoms with E-state index in [0.717, 1.165) is 29.8 Å². The lowest BCUT2D eigenvalue weighted by molar-refractivity contribution is 0.0776. The highest BCUT2D eigenvalue weighted by atomic mass is 19.2. The van der Waals surface area contributed by atoms with Crippen LogP contribution < -0.4 is 0 Å². The Labute approximate surface area is 160 Å². The van der Waals surface area contributed by atoms with Gasteiger partial charge in [-0.25, -0.2) is 17.9 Å². The van der Waals surface area contributed by atoms with Crippen LogP contribution in [-0.4, -0.2) is 27.6 Å². The molecule has 2 aromatic carbocycles. The Morgan fingerprint density at radius 2 is 1.86 bits per heavy atom. The summed E-state index contributed by atoms with van der Waals surface area (Å²) in [7, 11) is 1.59. The molecule has 0 unspecified atom stereocenters. The second-order valence-electron chi connectivity index (χ2n) is 6.89. The van der Waals surface area contributed by atoms with Crippen molar-refractivity contribution < 1.29 is 18.0 Å². The summed E-state index contributed by atoms with van der Waals surface area (Å²) < 4.78 is 42.4. The van der Waals surface area contributed by atoms with Gasteiger partial charge in [0.2, 0.25) is 0 Å². The van der Waals surface area contributed by atoms with Gasteiger partial charge in [0.25, 0.3) is 5.91 Å². The second-order valence-corrected chi connectivity index (χ2v) is 6.89. The minimum Gasteiger partial charge on any atom is -0.336 e. The Morgan fingerprint density at radius 1 is 1.07 bits per heavy atom. The fourth-order valence-corrected chi connectivity index (χ4v) is 3.57. The first-order valence-electron chi connectivity index (χ1n) is 9.00. The van der Waals surface area contributed by atoms with E-state index in [1.807, 2.05) is 0 Å². The quantitative estimate of drug-likeness (QED) is 0.680. The molecule has 1 aliphatic rings. The minimum atomic E-state index is -0.968. The molecule has 0 fully saturated rings. The van der Waals surface area contributed by atoms with Gasteiger partial charge >= 0.3 is 0 Å². The standard InChI is InChI=1S/C21H18F3N3O/c1-26(12-13-5-2-3-7-16(13)22)21(28)20-15-6-4-8-19(15)27(25-20)14-9-10-17(23)18(24)11-14/h2-3,5,7,9-11H,4,6,8,12H2,1H3. The largest absolute Gasteiger partial charge is 0.336 e. The van der Waals surface area contributed by atoms with Crippen LogP contribution in [0.15, 0.2) is 42.5 Å². The molecule has 0 aliphatic heterocycles. The van der Waals surface area contributed by atoms with Crippen molar-refractivity contribution in [2.75, 3.05) is 7.05 Å². The van der Waals surface area contributed by atoms with E-state index in [0.29, 0.717) is 24.1 Å². The maximum Gasteiger partial charge on any atom is 0.274 e. The lowest BCUT2D eigenvalue weighted by Gasteiger charge is -2.17. The Kier molecular flexibility index (Phi) is 4.66. The molecule has 0 N–H and O–H groups in total. The number of amides is 1. The number of carbonyl (C=O) groups excluding carboxylic acids is 1. The number of hydrogen-bond donors (Lipinski definition) is 0. The molecule has 0 atom stereocenters. The number of hydrogen-bond acceptors (Lipinski definition) is 2. The molecule has 1 aromatic heterocycles. The Hall–Kier alpha value is -3.09. The van der Waals surface area contributed by atoms with Gasteiger partial charge in [-0.05, 0) is 37.5 Å². The van der Waals surface area contributed by atoms with Gasteiger partial charge in [-0.15, -0.1) is 0 Å². The number of nitrogens with zero attached hydrogens (tertiary/aromatic N) is 3. The number of rotatable bonds is 4. The van der Waals surface area contributed by atoms with Crippen LogP contribution in [0.3, 0.4) is 0 Å². The van der Waals surface area contributed by atoms with Gasteiger partial charge in [-0.3, -0.25) is 4.79 Å². The Balaban J connectivity index is 1.67. The molecular formula is C21H18F3N3O. The van der Waals surface area contributed by atoms with Crippen molar-refractivity contribution in [3.05, 3.63) is 82.4 Å². The number of carbonyl (C=O) groups is 1. The molecule has 0 saturated heterocycles. The van der Waals surface area contributed by atoms with Crippen molar-refractivity contribution in [2.24, 2.45) is 0 Å². The molecular weight excluding hydrogens is 367 g/mol. The fourth-order valence-electron chi connectivity index (χ4n) is 3.57.